The molecule has 2 aromatic heterocycles. The Labute approximate surface area is 151 Å². The number of nitrogens with zero attached hydrogens (tertiary/aromatic N) is 5. The smallest absolute Gasteiger partial charge is 0.254 e. The van der Waals surface area contributed by atoms with Crippen molar-refractivity contribution in [2.24, 2.45) is 5.92 Å². The third-order valence-corrected chi connectivity index (χ3v) is 5.10. The topological polar surface area (TPSA) is 83.6 Å². The SMILES string of the molecule is O=C(c1ccn2nnnc2c1)N1CCC([C@H](O)Cc2ccccc2)CC1. The number of aliphatic hydroxyl groups is 1. The van der Waals surface area contributed by atoms with Gasteiger partial charge in [-0.3, -0.25) is 4.79 Å². The fourth-order valence-corrected chi connectivity index (χ4v) is 3.57. The van der Waals surface area contributed by atoms with Gasteiger partial charge in [-0.15, -0.1) is 5.10 Å². The van der Waals surface area contributed by atoms with E-state index in [9.17, 15) is 9.90 Å². The summed E-state index contributed by atoms with van der Waals surface area (Å²) in [6.45, 7) is 1.32. The van der Waals surface area contributed by atoms with E-state index < -0.39 is 0 Å². The van der Waals surface area contributed by atoms with E-state index in [0.717, 1.165) is 18.4 Å². The Balaban J connectivity index is 1.36. The van der Waals surface area contributed by atoms with Crippen LogP contribution in [0.4, 0.5) is 0 Å². The van der Waals surface area contributed by atoms with Crippen molar-refractivity contribution < 1.29 is 9.90 Å². The van der Waals surface area contributed by atoms with Gasteiger partial charge in [0.15, 0.2) is 5.65 Å². The summed E-state index contributed by atoms with van der Waals surface area (Å²) >= 11 is 0. The number of tetrazole rings is 1. The van der Waals surface area contributed by atoms with Gasteiger partial charge in [0.25, 0.3) is 5.91 Å². The van der Waals surface area contributed by atoms with Gasteiger partial charge in [0, 0.05) is 24.8 Å². The van der Waals surface area contributed by atoms with Crippen molar-refractivity contribution >= 4 is 11.6 Å². The maximum absolute atomic E-state index is 12.7. The molecule has 3 aromatic rings. The van der Waals surface area contributed by atoms with Gasteiger partial charge in [0.1, 0.15) is 0 Å². The minimum Gasteiger partial charge on any atom is -0.392 e. The molecule has 0 radical (unpaired) electrons. The summed E-state index contributed by atoms with van der Waals surface area (Å²) in [5.74, 6) is 0.217. The zero-order valence-electron chi connectivity index (χ0n) is 14.4. The Bertz CT molecular complexity index is 887. The van der Waals surface area contributed by atoms with Gasteiger partial charge in [0.05, 0.1) is 6.10 Å². The molecule has 0 aliphatic carbocycles. The van der Waals surface area contributed by atoms with E-state index in [1.165, 1.54) is 4.52 Å². The van der Waals surface area contributed by atoms with E-state index in [-0.39, 0.29) is 17.9 Å². The maximum Gasteiger partial charge on any atom is 0.254 e. The van der Waals surface area contributed by atoms with Gasteiger partial charge >= 0.3 is 0 Å². The van der Waals surface area contributed by atoms with Crippen LogP contribution in [0.3, 0.4) is 0 Å². The predicted molar refractivity (Wildman–Crippen MR) is 95.6 cm³/mol. The van der Waals surface area contributed by atoms with Crippen LogP contribution in [-0.2, 0) is 6.42 Å². The molecule has 7 heteroatoms. The van der Waals surface area contributed by atoms with Crippen molar-refractivity contribution in [1.82, 2.24) is 24.9 Å². The number of likely N-dealkylation sites (tertiary alicyclic amines) is 1. The molecule has 1 N–H and O–H groups in total. The van der Waals surface area contributed by atoms with Crippen LogP contribution in [0.2, 0.25) is 0 Å². The largest absolute Gasteiger partial charge is 0.392 e. The second-order valence-corrected chi connectivity index (χ2v) is 6.78. The number of benzene rings is 1. The molecule has 3 heterocycles. The third kappa shape index (κ3) is 3.43. The molecule has 0 saturated carbocycles. The lowest BCUT2D eigenvalue weighted by atomic mass is 9.88. The zero-order chi connectivity index (χ0) is 17.9. The van der Waals surface area contributed by atoms with Crippen molar-refractivity contribution in [2.45, 2.75) is 25.4 Å². The van der Waals surface area contributed by atoms with Gasteiger partial charge in [0.2, 0.25) is 0 Å². The van der Waals surface area contributed by atoms with Crippen molar-refractivity contribution in [3.05, 3.63) is 59.8 Å². The average molecular weight is 351 g/mol. The molecular formula is C19H21N5O2. The molecule has 0 bridgehead atoms. The van der Waals surface area contributed by atoms with Crippen molar-refractivity contribution in [1.29, 1.82) is 0 Å². The fourth-order valence-electron chi connectivity index (χ4n) is 3.57. The molecule has 0 spiro atoms. The first-order chi connectivity index (χ1) is 12.7. The monoisotopic (exact) mass is 351 g/mol. The number of pyridine rings is 1. The van der Waals surface area contributed by atoms with E-state index in [4.69, 9.17) is 0 Å². The lowest BCUT2D eigenvalue weighted by molar-refractivity contribution is 0.0467. The molecule has 1 aromatic carbocycles. The molecule has 0 unspecified atom stereocenters. The number of hydrogen-bond donors (Lipinski definition) is 1. The summed E-state index contributed by atoms with van der Waals surface area (Å²) in [5.41, 5.74) is 2.30. The van der Waals surface area contributed by atoms with Gasteiger partial charge in [-0.05, 0) is 53.3 Å². The second kappa shape index (κ2) is 7.21. The standard InChI is InChI=1S/C19H21N5O2/c25-17(12-14-4-2-1-3-5-14)15-6-9-23(10-7-15)19(26)16-8-11-24-18(13-16)20-21-22-24/h1-5,8,11,13,15,17,25H,6-7,9-10,12H2/t17-/m1/s1. The van der Waals surface area contributed by atoms with Crippen LogP contribution in [0.15, 0.2) is 48.7 Å². The van der Waals surface area contributed by atoms with Crippen LogP contribution in [0.5, 0.6) is 0 Å². The van der Waals surface area contributed by atoms with Crippen LogP contribution < -0.4 is 0 Å². The van der Waals surface area contributed by atoms with Gasteiger partial charge in [-0.1, -0.05) is 30.3 Å². The highest BCUT2D eigenvalue weighted by molar-refractivity contribution is 5.95. The Morgan fingerprint density at radius 3 is 2.73 bits per heavy atom. The molecule has 26 heavy (non-hydrogen) atoms. The number of amides is 1. The summed E-state index contributed by atoms with van der Waals surface area (Å²) in [4.78, 5) is 14.6. The maximum atomic E-state index is 12.7. The summed E-state index contributed by atoms with van der Waals surface area (Å²) < 4.78 is 1.53. The van der Waals surface area contributed by atoms with Crippen LogP contribution in [-0.4, -0.2) is 55.1 Å². The number of hydrogen-bond acceptors (Lipinski definition) is 5. The van der Waals surface area contributed by atoms with Crippen molar-refractivity contribution in [2.75, 3.05) is 13.1 Å². The zero-order valence-corrected chi connectivity index (χ0v) is 14.4. The summed E-state index contributed by atoms with van der Waals surface area (Å²) in [7, 11) is 0. The minimum absolute atomic E-state index is 0.00787. The summed E-state index contributed by atoms with van der Waals surface area (Å²) in [6.07, 6.45) is 3.62. The van der Waals surface area contributed by atoms with E-state index in [1.807, 2.05) is 35.2 Å². The van der Waals surface area contributed by atoms with Crippen molar-refractivity contribution in [3.63, 3.8) is 0 Å². The average Bonchev–Trinajstić information content (AvgIpc) is 3.16. The van der Waals surface area contributed by atoms with Crippen LogP contribution in [0.25, 0.3) is 5.65 Å². The first kappa shape index (κ1) is 16.7. The van der Waals surface area contributed by atoms with Crippen molar-refractivity contribution in [3.8, 4) is 0 Å². The molecule has 1 amide bonds. The molecule has 1 aliphatic heterocycles. The Hall–Kier alpha value is -2.80. The van der Waals surface area contributed by atoms with E-state index >= 15 is 0 Å². The highest BCUT2D eigenvalue weighted by Crippen LogP contribution is 2.24. The van der Waals surface area contributed by atoms with Crippen LogP contribution in [0.1, 0.15) is 28.8 Å². The quantitative estimate of drug-likeness (QED) is 0.771. The highest BCUT2D eigenvalue weighted by atomic mass is 16.3. The van der Waals surface area contributed by atoms with Gasteiger partial charge in [-0.2, -0.15) is 0 Å². The fraction of sp³-hybridized carbons (Fsp3) is 0.368. The minimum atomic E-state index is -0.368. The molecule has 1 atom stereocenters. The first-order valence-corrected chi connectivity index (χ1v) is 8.90. The molecule has 134 valence electrons. The summed E-state index contributed by atoms with van der Waals surface area (Å²) in [6, 6.07) is 13.5. The third-order valence-electron chi connectivity index (χ3n) is 5.10. The summed E-state index contributed by atoms with van der Waals surface area (Å²) in [5, 5.41) is 21.8. The predicted octanol–water partition coefficient (Wildman–Crippen LogP) is 1.58. The Morgan fingerprint density at radius 1 is 1.19 bits per heavy atom. The normalized spacial score (nSPS) is 16.7. The number of rotatable bonds is 4. The van der Waals surface area contributed by atoms with Gasteiger partial charge < -0.3 is 10.0 Å². The number of carbonyl (C=O) groups excluding carboxylic acids is 1. The molecule has 1 fully saturated rings. The van der Waals surface area contributed by atoms with E-state index in [0.29, 0.717) is 30.7 Å². The molecule has 1 saturated heterocycles. The first-order valence-electron chi connectivity index (χ1n) is 8.90. The molecule has 7 nitrogen and oxygen atoms in total. The molecule has 1 aliphatic rings. The van der Waals surface area contributed by atoms with Crippen LogP contribution >= 0.6 is 0 Å². The second-order valence-electron chi connectivity index (χ2n) is 6.78. The lowest BCUT2D eigenvalue weighted by Gasteiger charge is -2.34. The van der Waals surface area contributed by atoms with Crippen LogP contribution in [0, 0.1) is 5.92 Å². The lowest BCUT2D eigenvalue weighted by Crippen LogP contribution is -2.41. The Kier molecular flexibility index (Phi) is 4.62. The van der Waals surface area contributed by atoms with E-state index in [2.05, 4.69) is 15.5 Å². The number of aliphatic hydroxyl groups excluding tert-OH is 1. The number of aromatic nitrogens is 4. The number of fused-ring (bicyclic) bond motifs is 1. The Morgan fingerprint density at radius 2 is 1.96 bits per heavy atom. The highest BCUT2D eigenvalue weighted by Gasteiger charge is 2.28. The number of carbonyl (C=O) groups is 1. The number of piperidine rings is 1. The van der Waals surface area contributed by atoms with Gasteiger partial charge in [-0.25, -0.2) is 4.52 Å². The molecule has 4 rings (SSSR count). The molecular weight excluding hydrogens is 330 g/mol. The van der Waals surface area contributed by atoms with E-state index in [1.54, 1.807) is 18.3 Å².